The Kier molecular flexibility index (Phi) is 9.42. The summed E-state index contributed by atoms with van der Waals surface area (Å²) in [4.78, 5) is 11.9. The zero-order chi connectivity index (χ0) is 27.8. The van der Waals surface area contributed by atoms with Crippen LogP contribution in [0.5, 0.6) is 0 Å². The van der Waals surface area contributed by atoms with Gasteiger partial charge in [0.1, 0.15) is 0 Å². The number of urea groups is 1. The van der Waals surface area contributed by atoms with Gasteiger partial charge in [0.25, 0.3) is 0 Å². The molecular formula is C28H25F6N3O. The Morgan fingerprint density at radius 2 is 1.61 bits per heavy atom. The molecule has 0 spiro atoms. The maximum absolute atomic E-state index is 12.9. The lowest BCUT2D eigenvalue weighted by Gasteiger charge is -2.15. The minimum absolute atomic E-state index is 0.00793. The lowest BCUT2D eigenvalue weighted by Crippen LogP contribution is -2.29. The van der Waals surface area contributed by atoms with Gasteiger partial charge in [-0.2, -0.15) is 26.3 Å². The Morgan fingerprint density at radius 3 is 2.29 bits per heavy atom. The van der Waals surface area contributed by atoms with Gasteiger partial charge in [-0.15, -0.1) is 0 Å². The molecule has 0 fully saturated rings. The first-order chi connectivity index (χ1) is 17.9. The first kappa shape index (κ1) is 28.6. The molecule has 0 saturated heterocycles. The fraction of sp³-hybridized carbons (Fsp3) is 0.250. The molecule has 3 aromatic carbocycles. The second kappa shape index (κ2) is 12.5. The van der Waals surface area contributed by atoms with E-state index in [1.807, 2.05) is 29.6 Å². The summed E-state index contributed by atoms with van der Waals surface area (Å²) in [5, 5.41) is 10.1. The number of carbonyl (C=O) groups excluding carboxylic acids is 1. The molecular weight excluding hydrogens is 508 g/mol. The highest BCUT2D eigenvalue weighted by Crippen LogP contribution is 2.37. The summed E-state index contributed by atoms with van der Waals surface area (Å²) in [6, 6.07) is 14.3. The van der Waals surface area contributed by atoms with Crippen LogP contribution < -0.4 is 16.0 Å². The Labute approximate surface area is 216 Å². The molecule has 0 aliphatic heterocycles. The van der Waals surface area contributed by atoms with Gasteiger partial charge in [0.2, 0.25) is 0 Å². The molecule has 0 unspecified atom stereocenters. The Balaban J connectivity index is 1.43. The summed E-state index contributed by atoms with van der Waals surface area (Å²) in [6.07, 6.45) is -6.26. The lowest BCUT2D eigenvalue weighted by molar-refractivity contribution is -0.143. The fourth-order valence-electron chi connectivity index (χ4n) is 3.67. The van der Waals surface area contributed by atoms with Crippen molar-refractivity contribution < 1.29 is 31.1 Å². The number of nitrogens with one attached hydrogen (secondary N) is 3. The van der Waals surface area contributed by atoms with Gasteiger partial charge in [-0.05, 0) is 47.5 Å². The number of fused-ring (bicyclic) bond motifs is 1. The largest absolute Gasteiger partial charge is 0.416 e. The lowest BCUT2D eigenvalue weighted by atomic mass is 10.00. The third-order valence-corrected chi connectivity index (χ3v) is 5.52. The van der Waals surface area contributed by atoms with E-state index in [4.69, 9.17) is 0 Å². The number of halogens is 6. The first-order valence-corrected chi connectivity index (χ1v) is 11.6. The smallest absolute Gasteiger partial charge is 0.337 e. The van der Waals surface area contributed by atoms with E-state index in [2.05, 4.69) is 53.7 Å². The maximum Gasteiger partial charge on any atom is 0.416 e. The maximum atomic E-state index is 12.9. The minimum atomic E-state index is -5.00. The van der Waals surface area contributed by atoms with Gasteiger partial charge < -0.3 is 16.0 Å². The van der Waals surface area contributed by atoms with Crippen LogP contribution in [0.3, 0.4) is 0 Å². The summed E-state index contributed by atoms with van der Waals surface area (Å²) in [7, 11) is 0. The third kappa shape index (κ3) is 8.28. The number of rotatable bonds is 7. The topological polar surface area (TPSA) is 53.2 Å². The van der Waals surface area contributed by atoms with Crippen molar-refractivity contribution in [2.75, 3.05) is 18.4 Å². The number of amides is 2. The fourth-order valence-corrected chi connectivity index (χ4v) is 3.67. The first-order valence-electron chi connectivity index (χ1n) is 11.6. The molecule has 0 heterocycles. The normalized spacial score (nSPS) is 12.7. The highest BCUT2D eigenvalue weighted by Gasteiger charge is 2.37. The quantitative estimate of drug-likeness (QED) is 0.170. The molecule has 38 heavy (non-hydrogen) atoms. The van der Waals surface area contributed by atoms with Crippen molar-refractivity contribution in [3.63, 3.8) is 0 Å². The van der Waals surface area contributed by atoms with Crippen molar-refractivity contribution in [2.45, 2.75) is 31.7 Å². The van der Waals surface area contributed by atoms with E-state index >= 15 is 0 Å². The molecule has 0 radical (unpaired) electrons. The van der Waals surface area contributed by atoms with E-state index in [1.165, 1.54) is 16.3 Å². The predicted molar refractivity (Wildman–Crippen MR) is 135 cm³/mol. The third-order valence-electron chi connectivity index (χ3n) is 5.52. The molecule has 10 heteroatoms. The van der Waals surface area contributed by atoms with Crippen LogP contribution in [0.25, 0.3) is 10.8 Å². The highest BCUT2D eigenvalue weighted by molar-refractivity contribution is 5.89. The van der Waals surface area contributed by atoms with E-state index in [0.29, 0.717) is 18.7 Å². The molecule has 1 atom stereocenters. The van der Waals surface area contributed by atoms with Crippen molar-refractivity contribution in [3.05, 3.63) is 89.5 Å². The Bertz CT molecular complexity index is 1310. The standard InChI is InChI=1S/C28H25F6N3O/c1-19(24-13-9-11-20-10-5-6-12-25(20)24)35-14-7-3-2-4-8-15-36-26(38)37-23-17-21(27(29,30)31)16-22(18-23)28(32,33)34/h3,5-7,9-13,16-19,35H,8,14-15H2,1H3,(H2,36,37,38)/b7-3+/t19-/m1/s1. The van der Waals surface area contributed by atoms with Crippen LogP contribution in [-0.2, 0) is 12.4 Å². The van der Waals surface area contributed by atoms with Crippen LogP contribution in [-0.4, -0.2) is 19.1 Å². The van der Waals surface area contributed by atoms with Crippen LogP contribution >= 0.6 is 0 Å². The number of allylic oxidation sites excluding steroid dienone is 1. The molecule has 200 valence electrons. The molecule has 0 saturated carbocycles. The van der Waals surface area contributed by atoms with E-state index < -0.39 is 35.2 Å². The zero-order valence-electron chi connectivity index (χ0n) is 20.3. The summed E-state index contributed by atoms with van der Waals surface area (Å²) >= 11 is 0. The number of benzene rings is 3. The van der Waals surface area contributed by atoms with E-state index in [-0.39, 0.29) is 25.1 Å². The van der Waals surface area contributed by atoms with Crippen molar-refractivity contribution in [1.29, 1.82) is 0 Å². The van der Waals surface area contributed by atoms with Gasteiger partial charge in [-0.3, -0.25) is 0 Å². The van der Waals surface area contributed by atoms with Crippen molar-refractivity contribution in [2.24, 2.45) is 0 Å². The van der Waals surface area contributed by atoms with Crippen LogP contribution in [0.1, 0.15) is 36.1 Å². The Morgan fingerprint density at radius 1 is 0.947 bits per heavy atom. The van der Waals surface area contributed by atoms with Crippen LogP contribution in [0, 0.1) is 11.8 Å². The average Bonchev–Trinajstić information content (AvgIpc) is 2.86. The average molecular weight is 534 g/mol. The SMILES string of the molecule is C[C@@H](NC/C=C/C#CCCNC(=O)Nc1cc(C(F)(F)F)cc(C(F)(F)F)c1)c1cccc2ccccc12. The zero-order valence-corrected chi connectivity index (χ0v) is 20.3. The van der Waals surface area contributed by atoms with Gasteiger partial charge in [0.15, 0.2) is 0 Å². The van der Waals surface area contributed by atoms with Crippen molar-refractivity contribution in [3.8, 4) is 11.8 Å². The van der Waals surface area contributed by atoms with Crippen LogP contribution in [0.15, 0.2) is 72.8 Å². The molecule has 4 nitrogen and oxygen atoms in total. The van der Waals surface area contributed by atoms with E-state index in [0.717, 1.165) is 0 Å². The number of alkyl halides is 6. The summed E-state index contributed by atoms with van der Waals surface area (Å²) in [5.41, 5.74) is -2.46. The number of hydrogen-bond donors (Lipinski definition) is 3. The molecule has 3 aromatic rings. The molecule has 0 bridgehead atoms. The van der Waals surface area contributed by atoms with Crippen molar-refractivity contribution >= 4 is 22.5 Å². The summed E-state index contributed by atoms with van der Waals surface area (Å²) in [6.45, 7) is 2.70. The second-order valence-electron chi connectivity index (χ2n) is 8.35. The number of anilines is 1. The molecule has 2 amide bonds. The van der Waals surface area contributed by atoms with Gasteiger partial charge in [0, 0.05) is 31.2 Å². The molecule has 3 N–H and O–H groups in total. The number of carbonyl (C=O) groups is 1. The van der Waals surface area contributed by atoms with Crippen LogP contribution in [0.4, 0.5) is 36.8 Å². The van der Waals surface area contributed by atoms with Crippen LogP contribution in [0.2, 0.25) is 0 Å². The van der Waals surface area contributed by atoms with Crippen molar-refractivity contribution in [1.82, 2.24) is 10.6 Å². The summed E-state index contributed by atoms with van der Waals surface area (Å²) in [5.74, 6) is 5.61. The van der Waals surface area contributed by atoms with Gasteiger partial charge >= 0.3 is 18.4 Å². The van der Waals surface area contributed by atoms with E-state index in [9.17, 15) is 31.1 Å². The molecule has 3 rings (SSSR count). The predicted octanol–water partition coefficient (Wildman–Crippen LogP) is 7.30. The Hall–Kier alpha value is -3.97. The molecule has 0 aliphatic rings. The number of hydrogen-bond acceptors (Lipinski definition) is 2. The van der Waals surface area contributed by atoms with Gasteiger partial charge in [0.05, 0.1) is 11.1 Å². The van der Waals surface area contributed by atoms with Gasteiger partial charge in [-0.1, -0.05) is 60.4 Å². The summed E-state index contributed by atoms with van der Waals surface area (Å²) < 4.78 is 77.6. The second-order valence-corrected chi connectivity index (χ2v) is 8.35. The van der Waals surface area contributed by atoms with Gasteiger partial charge in [-0.25, -0.2) is 4.79 Å². The minimum Gasteiger partial charge on any atom is -0.337 e. The monoisotopic (exact) mass is 533 g/mol. The molecule has 0 aromatic heterocycles. The highest BCUT2D eigenvalue weighted by atomic mass is 19.4. The molecule has 0 aliphatic carbocycles. The van der Waals surface area contributed by atoms with E-state index in [1.54, 1.807) is 6.08 Å².